The van der Waals surface area contributed by atoms with E-state index < -0.39 is 0 Å². The molecule has 0 saturated carbocycles. The fourth-order valence-electron chi connectivity index (χ4n) is 1.15. The van der Waals surface area contributed by atoms with Gasteiger partial charge >= 0.3 is 0 Å². The zero-order chi connectivity index (χ0) is 10.9. The normalized spacial score (nSPS) is 10.8. The number of nitrogens with one attached hydrogen (secondary N) is 1. The van der Waals surface area contributed by atoms with Crippen LogP contribution in [0.4, 0.5) is 0 Å². The van der Waals surface area contributed by atoms with Crippen molar-refractivity contribution in [3.63, 3.8) is 0 Å². The van der Waals surface area contributed by atoms with Crippen molar-refractivity contribution in [2.75, 3.05) is 18.8 Å². The highest BCUT2D eigenvalue weighted by atomic mass is 32.2. The third-order valence-corrected chi connectivity index (χ3v) is 2.81. The molecule has 0 saturated heterocycles. The number of aromatic nitrogens is 2. The molecule has 0 spiro atoms. The third kappa shape index (κ3) is 5.79. The Balaban J connectivity index is 1.93. The van der Waals surface area contributed by atoms with E-state index in [4.69, 9.17) is 4.42 Å². The largest absolute Gasteiger partial charge is 0.416 e. The Bertz CT molecular complexity index is 265. The quantitative estimate of drug-likeness (QED) is 0.547. The van der Waals surface area contributed by atoms with Gasteiger partial charge in [0.05, 0.1) is 0 Å². The molecule has 1 N–H and O–H groups in total. The average molecular weight is 229 g/mol. The van der Waals surface area contributed by atoms with Gasteiger partial charge < -0.3 is 9.73 Å². The standard InChI is InChI=1S/C10H19N3OS/c1-3-6-11-7-4-5-8-15-10-13-12-9(2)14-10/h11H,3-8H2,1-2H3. The molecule has 0 aromatic carbocycles. The van der Waals surface area contributed by atoms with E-state index in [-0.39, 0.29) is 0 Å². The number of hydrogen-bond acceptors (Lipinski definition) is 5. The van der Waals surface area contributed by atoms with Crippen LogP contribution in [0, 0.1) is 6.92 Å². The lowest BCUT2D eigenvalue weighted by atomic mass is 10.3. The van der Waals surface area contributed by atoms with E-state index in [2.05, 4.69) is 22.4 Å². The molecule has 0 radical (unpaired) electrons. The van der Waals surface area contributed by atoms with Gasteiger partial charge in [0.25, 0.3) is 5.22 Å². The SMILES string of the molecule is CCCNCCCCSc1nnc(C)o1. The first-order valence-electron chi connectivity index (χ1n) is 5.46. The first-order chi connectivity index (χ1) is 7.33. The molecule has 1 aromatic heterocycles. The fraction of sp³-hybridized carbons (Fsp3) is 0.800. The van der Waals surface area contributed by atoms with Crippen molar-refractivity contribution in [3.8, 4) is 0 Å². The summed E-state index contributed by atoms with van der Waals surface area (Å²) in [5, 5.41) is 11.8. The molecule has 0 aliphatic carbocycles. The molecule has 0 atom stereocenters. The summed E-state index contributed by atoms with van der Waals surface area (Å²) in [4.78, 5) is 0. The van der Waals surface area contributed by atoms with Gasteiger partial charge in [-0.25, -0.2) is 0 Å². The van der Waals surface area contributed by atoms with E-state index in [0.717, 1.165) is 18.8 Å². The first kappa shape index (κ1) is 12.5. The lowest BCUT2D eigenvalue weighted by molar-refractivity contribution is 0.429. The molecule has 0 fully saturated rings. The molecule has 1 rings (SSSR count). The zero-order valence-corrected chi connectivity index (χ0v) is 10.3. The smallest absolute Gasteiger partial charge is 0.276 e. The number of rotatable bonds is 8. The van der Waals surface area contributed by atoms with Gasteiger partial charge in [-0.15, -0.1) is 10.2 Å². The van der Waals surface area contributed by atoms with Gasteiger partial charge in [-0.2, -0.15) is 0 Å². The summed E-state index contributed by atoms with van der Waals surface area (Å²) in [5.41, 5.74) is 0. The lowest BCUT2D eigenvalue weighted by Gasteiger charge is -2.01. The van der Waals surface area contributed by atoms with E-state index in [9.17, 15) is 0 Å². The molecular formula is C10H19N3OS. The van der Waals surface area contributed by atoms with Crippen LogP contribution in [0.1, 0.15) is 32.1 Å². The Labute approximate surface area is 95.2 Å². The highest BCUT2D eigenvalue weighted by Gasteiger charge is 2.01. The Hall–Kier alpha value is -0.550. The summed E-state index contributed by atoms with van der Waals surface area (Å²) in [6.45, 7) is 6.22. The number of aryl methyl sites for hydroxylation is 1. The Morgan fingerprint density at radius 2 is 2.13 bits per heavy atom. The first-order valence-corrected chi connectivity index (χ1v) is 6.45. The Morgan fingerprint density at radius 3 is 2.80 bits per heavy atom. The molecule has 0 unspecified atom stereocenters. The second-order valence-electron chi connectivity index (χ2n) is 3.39. The van der Waals surface area contributed by atoms with Gasteiger partial charge in [0, 0.05) is 12.7 Å². The van der Waals surface area contributed by atoms with Crippen molar-refractivity contribution in [2.45, 2.75) is 38.3 Å². The van der Waals surface area contributed by atoms with Crippen molar-refractivity contribution in [3.05, 3.63) is 5.89 Å². The van der Waals surface area contributed by atoms with Crippen molar-refractivity contribution in [1.29, 1.82) is 0 Å². The molecule has 1 aromatic rings. The number of hydrogen-bond donors (Lipinski definition) is 1. The predicted molar refractivity (Wildman–Crippen MR) is 62.2 cm³/mol. The summed E-state index contributed by atoms with van der Waals surface area (Å²) in [5.74, 6) is 1.69. The number of nitrogens with zero attached hydrogens (tertiary/aromatic N) is 2. The van der Waals surface area contributed by atoms with Crippen molar-refractivity contribution in [1.82, 2.24) is 15.5 Å². The Kier molecular flexibility index (Phi) is 6.43. The third-order valence-electron chi connectivity index (χ3n) is 1.91. The van der Waals surface area contributed by atoms with Crippen LogP contribution >= 0.6 is 11.8 Å². The summed E-state index contributed by atoms with van der Waals surface area (Å²) in [6, 6.07) is 0. The minimum absolute atomic E-state index is 0.641. The number of unbranched alkanes of at least 4 members (excludes halogenated alkanes) is 1. The van der Waals surface area contributed by atoms with Crippen LogP contribution < -0.4 is 5.32 Å². The maximum absolute atomic E-state index is 5.25. The molecule has 5 heteroatoms. The molecular weight excluding hydrogens is 210 g/mol. The second kappa shape index (κ2) is 7.70. The van der Waals surface area contributed by atoms with E-state index >= 15 is 0 Å². The molecule has 0 bridgehead atoms. The van der Waals surface area contributed by atoms with Crippen molar-refractivity contribution >= 4 is 11.8 Å². The molecule has 0 aliphatic rings. The van der Waals surface area contributed by atoms with Crippen LogP contribution in [-0.4, -0.2) is 29.0 Å². The van der Waals surface area contributed by atoms with Crippen molar-refractivity contribution < 1.29 is 4.42 Å². The number of thioether (sulfide) groups is 1. The summed E-state index contributed by atoms with van der Waals surface area (Å²) >= 11 is 1.64. The maximum atomic E-state index is 5.25. The van der Waals surface area contributed by atoms with E-state index in [0.29, 0.717) is 11.1 Å². The van der Waals surface area contributed by atoms with E-state index in [1.165, 1.54) is 19.3 Å². The van der Waals surface area contributed by atoms with Gasteiger partial charge in [0.15, 0.2) is 0 Å². The van der Waals surface area contributed by atoms with Crippen molar-refractivity contribution in [2.24, 2.45) is 0 Å². The summed E-state index contributed by atoms with van der Waals surface area (Å²) < 4.78 is 5.25. The fourth-order valence-corrected chi connectivity index (χ4v) is 1.95. The predicted octanol–water partition coefficient (Wildman–Crippen LogP) is 2.25. The minimum atomic E-state index is 0.641. The highest BCUT2D eigenvalue weighted by Crippen LogP contribution is 2.16. The maximum Gasteiger partial charge on any atom is 0.276 e. The van der Waals surface area contributed by atoms with Crippen LogP contribution in [-0.2, 0) is 0 Å². The summed E-state index contributed by atoms with van der Waals surface area (Å²) in [7, 11) is 0. The van der Waals surface area contributed by atoms with Gasteiger partial charge in [-0.05, 0) is 32.4 Å². The summed E-state index contributed by atoms with van der Waals surface area (Å²) in [6.07, 6.45) is 3.60. The molecule has 1 heterocycles. The average Bonchev–Trinajstić information content (AvgIpc) is 2.63. The van der Waals surface area contributed by atoms with Gasteiger partial charge in [0.1, 0.15) is 0 Å². The molecule has 15 heavy (non-hydrogen) atoms. The molecule has 0 aliphatic heterocycles. The van der Waals surface area contributed by atoms with Gasteiger partial charge in [0.2, 0.25) is 5.89 Å². The monoisotopic (exact) mass is 229 g/mol. The van der Waals surface area contributed by atoms with Crippen LogP contribution in [0.3, 0.4) is 0 Å². The minimum Gasteiger partial charge on any atom is -0.416 e. The van der Waals surface area contributed by atoms with Crippen LogP contribution in [0.2, 0.25) is 0 Å². The van der Waals surface area contributed by atoms with E-state index in [1.807, 2.05) is 6.92 Å². The van der Waals surface area contributed by atoms with E-state index in [1.54, 1.807) is 11.8 Å². The molecule has 86 valence electrons. The van der Waals surface area contributed by atoms with Crippen LogP contribution in [0.5, 0.6) is 0 Å². The lowest BCUT2D eigenvalue weighted by Crippen LogP contribution is -2.15. The van der Waals surface area contributed by atoms with Crippen LogP contribution in [0.15, 0.2) is 9.64 Å². The van der Waals surface area contributed by atoms with Gasteiger partial charge in [-0.1, -0.05) is 18.7 Å². The van der Waals surface area contributed by atoms with Crippen LogP contribution in [0.25, 0.3) is 0 Å². The highest BCUT2D eigenvalue weighted by molar-refractivity contribution is 7.99. The molecule has 0 amide bonds. The van der Waals surface area contributed by atoms with Gasteiger partial charge in [-0.3, -0.25) is 0 Å². The topological polar surface area (TPSA) is 51.0 Å². The Morgan fingerprint density at radius 1 is 1.27 bits per heavy atom. The second-order valence-corrected chi connectivity index (χ2v) is 4.44. The molecule has 4 nitrogen and oxygen atoms in total. The zero-order valence-electron chi connectivity index (χ0n) is 9.45.